The number of H-pyrrole nitrogens is 1. The molecule has 0 atom stereocenters. The molecule has 0 spiro atoms. The molecular formula is C9H15NO2S2. The van der Waals surface area contributed by atoms with Crippen LogP contribution in [0.25, 0.3) is 0 Å². The summed E-state index contributed by atoms with van der Waals surface area (Å²) in [6.45, 7) is 6.50. The Morgan fingerprint density at radius 3 is 2.36 bits per heavy atom. The Bertz CT molecular complexity index is 325. The number of carbonyl (C=O) groups excluding carboxylic acids is 1. The number of hydrogen-bond donors (Lipinski definition) is 1. The molecule has 0 amide bonds. The molecule has 1 rings (SSSR count). The SMILES string of the molecule is CC(C)C.COC(=O)c1c[nH]c(=S)s1. The lowest BCUT2D eigenvalue weighted by molar-refractivity contribution is 0.0606. The van der Waals surface area contributed by atoms with Gasteiger partial charge in [-0.25, -0.2) is 4.79 Å². The molecule has 1 aromatic heterocycles. The Hall–Kier alpha value is -0.680. The van der Waals surface area contributed by atoms with Crippen LogP contribution in [0.4, 0.5) is 0 Å². The molecule has 14 heavy (non-hydrogen) atoms. The summed E-state index contributed by atoms with van der Waals surface area (Å²) in [7, 11) is 1.34. The van der Waals surface area contributed by atoms with E-state index >= 15 is 0 Å². The quantitative estimate of drug-likeness (QED) is 0.598. The average Bonchev–Trinajstić information content (AvgIpc) is 2.49. The van der Waals surface area contributed by atoms with Crippen LogP contribution < -0.4 is 0 Å². The minimum atomic E-state index is -0.350. The van der Waals surface area contributed by atoms with Crippen LogP contribution in [0.1, 0.15) is 30.4 Å². The van der Waals surface area contributed by atoms with Gasteiger partial charge in [-0.15, -0.1) is 0 Å². The molecule has 0 aliphatic heterocycles. The minimum absolute atomic E-state index is 0.350. The zero-order chi connectivity index (χ0) is 11.1. The van der Waals surface area contributed by atoms with Gasteiger partial charge in [-0.2, -0.15) is 0 Å². The van der Waals surface area contributed by atoms with Crippen molar-refractivity contribution in [1.29, 1.82) is 0 Å². The summed E-state index contributed by atoms with van der Waals surface area (Å²) in [4.78, 5) is 14.0. The molecule has 0 aliphatic rings. The first-order valence-corrected chi connectivity index (χ1v) is 5.46. The van der Waals surface area contributed by atoms with Crippen LogP contribution >= 0.6 is 23.6 Å². The normalized spacial score (nSPS) is 9.21. The Morgan fingerprint density at radius 1 is 1.57 bits per heavy atom. The first-order chi connectivity index (χ1) is 6.47. The highest BCUT2D eigenvalue weighted by atomic mass is 32.1. The molecular weight excluding hydrogens is 218 g/mol. The van der Waals surface area contributed by atoms with E-state index in [4.69, 9.17) is 12.2 Å². The number of nitrogens with one attached hydrogen (secondary N) is 1. The number of rotatable bonds is 1. The van der Waals surface area contributed by atoms with Crippen molar-refractivity contribution in [3.05, 3.63) is 15.0 Å². The zero-order valence-electron chi connectivity index (χ0n) is 8.79. The largest absolute Gasteiger partial charge is 0.465 e. The highest BCUT2D eigenvalue weighted by Gasteiger charge is 2.05. The molecule has 0 bridgehead atoms. The summed E-state index contributed by atoms with van der Waals surface area (Å²) >= 11 is 5.96. The van der Waals surface area contributed by atoms with Gasteiger partial charge in [-0.05, 0) is 18.1 Å². The van der Waals surface area contributed by atoms with Crippen molar-refractivity contribution in [1.82, 2.24) is 4.98 Å². The van der Waals surface area contributed by atoms with E-state index in [1.165, 1.54) is 18.4 Å². The minimum Gasteiger partial charge on any atom is -0.465 e. The summed E-state index contributed by atoms with van der Waals surface area (Å²) in [6, 6.07) is 0. The summed E-state index contributed by atoms with van der Waals surface area (Å²) in [5.41, 5.74) is 0. The lowest BCUT2D eigenvalue weighted by atomic mass is 10.3. The molecule has 0 saturated carbocycles. The van der Waals surface area contributed by atoms with Crippen LogP contribution in [0, 0.1) is 9.87 Å². The second kappa shape index (κ2) is 6.73. The molecule has 80 valence electrons. The summed E-state index contributed by atoms with van der Waals surface area (Å²) in [5.74, 6) is 0.484. The van der Waals surface area contributed by atoms with Gasteiger partial charge in [-0.3, -0.25) is 0 Å². The number of carbonyl (C=O) groups is 1. The topological polar surface area (TPSA) is 42.1 Å². The third kappa shape index (κ3) is 5.88. The summed E-state index contributed by atoms with van der Waals surface area (Å²) in [5, 5.41) is 0. The van der Waals surface area contributed by atoms with E-state index in [0.717, 1.165) is 5.92 Å². The zero-order valence-corrected chi connectivity index (χ0v) is 10.4. The molecule has 0 fully saturated rings. The Kier molecular flexibility index (Phi) is 6.40. The maximum atomic E-state index is 10.7. The molecule has 1 heterocycles. The van der Waals surface area contributed by atoms with E-state index in [0.29, 0.717) is 8.83 Å². The lowest BCUT2D eigenvalue weighted by Crippen LogP contribution is -1.96. The fraction of sp³-hybridized carbons (Fsp3) is 0.556. The van der Waals surface area contributed by atoms with Crippen LogP contribution in [0.2, 0.25) is 0 Å². The number of aromatic amines is 1. The third-order valence-corrected chi connectivity index (χ3v) is 2.09. The number of methoxy groups -OCH3 is 1. The van der Waals surface area contributed by atoms with Gasteiger partial charge in [0, 0.05) is 6.20 Å². The number of hydrogen-bond acceptors (Lipinski definition) is 4. The van der Waals surface area contributed by atoms with Crippen molar-refractivity contribution in [2.75, 3.05) is 7.11 Å². The van der Waals surface area contributed by atoms with Crippen LogP contribution in [-0.2, 0) is 4.74 Å². The van der Waals surface area contributed by atoms with Crippen LogP contribution in [0.15, 0.2) is 6.20 Å². The Labute approximate surface area is 93.1 Å². The first-order valence-electron chi connectivity index (χ1n) is 4.24. The van der Waals surface area contributed by atoms with Crippen molar-refractivity contribution >= 4 is 29.5 Å². The van der Waals surface area contributed by atoms with Crippen molar-refractivity contribution in [2.24, 2.45) is 5.92 Å². The van der Waals surface area contributed by atoms with E-state index in [1.807, 2.05) is 0 Å². The molecule has 3 nitrogen and oxygen atoms in total. The van der Waals surface area contributed by atoms with Gasteiger partial charge in [0.05, 0.1) is 7.11 Å². The number of aromatic nitrogens is 1. The molecule has 0 aromatic carbocycles. The molecule has 0 aliphatic carbocycles. The summed E-state index contributed by atoms with van der Waals surface area (Å²) in [6.07, 6.45) is 1.54. The van der Waals surface area contributed by atoms with Crippen LogP contribution in [0.3, 0.4) is 0 Å². The first kappa shape index (κ1) is 13.3. The van der Waals surface area contributed by atoms with Gasteiger partial charge in [-0.1, -0.05) is 32.1 Å². The number of ether oxygens (including phenoxy) is 1. The van der Waals surface area contributed by atoms with E-state index in [-0.39, 0.29) is 5.97 Å². The van der Waals surface area contributed by atoms with Gasteiger partial charge < -0.3 is 9.72 Å². The summed E-state index contributed by atoms with van der Waals surface area (Å²) < 4.78 is 5.04. The molecule has 0 saturated heterocycles. The smallest absolute Gasteiger partial charge is 0.349 e. The Balaban J connectivity index is 0.000000364. The lowest BCUT2D eigenvalue weighted by Gasteiger charge is -1.89. The number of thiazole rings is 1. The van der Waals surface area contributed by atoms with Crippen molar-refractivity contribution < 1.29 is 9.53 Å². The monoisotopic (exact) mass is 233 g/mol. The Morgan fingerprint density at radius 2 is 2.07 bits per heavy atom. The van der Waals surface area contributed by atoms with Crippen molar-refractivity contribution in [3.63, 3.8) is 0 Å². The fourth-order valence-electron chi connectivity index (χ4n) is 0.484. The van der Waals surface area contributed by atoms with Crippen LogP contribution in [-0.4, -0.2) is 18.1 Å². The molecule has 0 radical (unpaired) electrons. The van der Waals surface area contributed by atoms with Gasteiger partial charge >= 0.3 is 5.97 Å². The van der Waals surface area contributed by atoms with Gasteiger partial charge in [0.25, 0.3) is 0 Å². The highest BCUT2D eigenvalue weighted by Crippen LogP contribution is 2.08. The maximum Gasteiger partial charge on any atom is 0.349 e. The van der Waals surface area contributed by atoms with E-state index < -0.39 is 0 Å². The van der Waals surface area contributed by atoms with Crippen molar-refractivity contribution in [2.45, 2.75) is 20.8 Å². The molecule has 1 aromatic rings. The average molecular weight is 233 g/mol. The van der Waals surface area contributed by atoms with Gasteiger partial charge in [0.1, 0.15) is 4.88 Å². The van der Waals surface area contributed by atoms with Gasteiger partial charge in [0.2, 0.25) is 0 Å². The van der Waals surface area contributed by atoms with Crippen LogP contribution in [0.5, 0.6) is 0 Å². The fourth-order valence-corrected chi connectivity index (χ4v) is 1.41. The predicted molar refractivity (Wildman–Crippen MR) is 61.4 cm³/mol. The van der Waals surface area contributed by atoms with Gasteiger partial charge in [0.15, 0.2) is 3.95 Å². The highest BCUT2D eigenvalue weighted by molar-refractivity contribution is 7.73. The number of esters is 1. The van der Waals surface area contributed by atoms with E-state index in [9.17, 15) is 4.79 Å². The third-order valence-electron chi connectivity index (χ3n) is 0.910. The predicted octanol–water partition coefficient (Wildman–Crippen LogP) is 3.25. The molecule has 0 unspecified atom stereocenters. The van der Waals surface area contributed by atoms with Crippen molar-refractivity contribution in [3.8, 4) is 0 Å². The van der Waals surface area contributed by atoms with E-state index in [1.54, 1.807) is 6.20 Å². The standard InChI is InChI=1S/C5H5NO2S2.C4H10/c1-8-4(7)3-2-6-5(9)10-3;1-4(2)3/h2H,1H3,(H,6,9);4H,1-3H3. The second-order valence-corrected chi connectivity index (χ2v) is 4.98. The van der Waals surface area contributed by atoms with E-state index in [2.05, 4.69) is 30.5 Å². The molecule has 5 heteroatoms. The maximum absolute atomic E-state index is 10.7. The second-order valence-electron chi connectivity index (χ2n) is 3.27. The molecule has 1 N–H and O–H groups in total.